The first-order chi connectivity index (χ1) is 19.5. The van der Waals surface area contributed by atoms with Crippen molar-refractivity contribution >= 4 is 22.4 Å². The molecule has 0 amide bonds. The van der Waals surface area contributed by atoms with E-state index in [1.807, 2.05) is 104 Å². The normalized spacial score (nSPS) is 11.8. The molecule has 0 atom stereocenters. The Morgan fingerprint density at radius 1 is 0.900 bits per heavy atom. The van der Waals surface area contributed by atoms with Gasteiger partial charge in [-0.2, -0.15) is 14.6 Å². The van der Waals surface area contributed by atoms with Gasteiger partial charge in [-0.15, -0.1) is 5.10 Å². The predicted molar refractivity (Wildman–Crippen MR) is 157 cm³/mol. The van der Waals surface area contributed by atoms with Gasteiger partial charge in [0, 0.05) is 22.9 Å². The fourth-order valence-electron chi connectivity index (χ4n) is 4.51. The van der Waals surface area contributed by atoms with E-state index in [-0.39, 0.29) is 5.56 Å². The van der Waals surface area contributed by atoms with Crippen LogP contribution in [0.2, 0.25) is 0 Å². The Kier molecular flexibility index (Phi) is 6.88. The monoisotopic (exact) mass is 549 g/mol. The minimum Gasteiger partial charge on any atom is -0.494 e. The van der Waals surface area contributed by atoms with E-state index < -0.39 is 0 Å². The molecule has 3 aromatic heterocycles. The molecule has 0 fully saturated rings. The van der Waals surface area contributed by atoms with Gasteiger partial charge in [0.25, 0.3) is 5.56 Å². The van der Waals surface area contributed by atoms with Crippen LogP contribution in [0.25, 0.3) is 39.4 Å². The number of rotatable bonds is 8. The fraction of sp³-hybridized carbons (Fsp3) is 0.161. The van der Waals surface area contributed by atoms with Crippen molar-refractivity contribution in [2.45, 2.75) is 20.8 Å². The van der Waals surface area contributed by atoms with Crippen molar-refractivity contribution in [1.29, 1.82) is 0 Å². The maximum atomic E-state index is 13.4. The number of ether oxygens (including phenoxy) is 2. The average Bonchev–Trinajstić information content (AvgIpc) is 3.66. The summed E-state index contributed by atoms with van der Waals surface area (Å²) >= 11 is 1.31. The second kappa shape index (κ2) is 10.8. The lowest BCUT2D eigenvalue weighted by Gasteiger charge is -2.08. The molecule has 0 radical (unpaired) electrons. The molecule has 0 bridgehead atoms. The van der Waals surface area contributed by atoms with Gasteiger partial charge in [-0.3, -0.25) is 4.79 Å². The van der Waals surface area contributed by atoms with Crippen LogP contribution in [-0.4, -0.2) is 37.6 Å². The Labute approximate surface area is 234 Å². The van der Waals surface area contributed by atoms with Gasteiger partial charge < -0.3 is 9.47 Å². The molecule has 0 aliphatic rings. The number of fused-ring (bicyclic) bond motifs is 1. The molecule has 8 nitrogen and oxygen atoms in total. The molecular weight excluding hydrogens is 522 g/mol. The zero-order valence-electron chi connectivity index (χ0n) is 22.4. The van der Waals surface area contributed by atoms with Crippen LogP contribution in [0.3, 0.4) is 0 Å². The highest BCUT2D eigenvalue weighted by Gasteiger charge is 2.16. The summed E-state index contributed by atoms with van der Waals surface area (Å²) in [5.41, 5.74) is 5.07. The number of aryl methyl sites for hydroxylation is 1. The van der Waals surface area contributed by atoms with Gasteiger partial charge in [-0.1, -0.05) is 29.5 Å². The summed E-state index contributed by atoms with van der Waals surface area (Å²) in [4.78, 5) is 18.6. The van der Waals surface area contributed by atoms with Gasteiger partial charge in [0.05, 0.1) is 23.4 Å². The summed E-state index contributed by atoms with van der Waals surface area (Å²) < 4.78 is 15.0. The quantitative estimate of drug-likeness (QED) is 0.255. The van der Waals surface area contributed by atoms with Gasteiger partial charge >= 0.3 is 0 Å². The van der Waals surface area contributed by atoms with Crippen LogP contribution in [0.1, 0.15) is 25.0 Å². The number of hydrogen-bond acceptors (Lipinski definition) is 7. The zero-order chi connectivity index (χ0) is 27.6. The van der Waals surface area contributed by atoms with Gasteiger partial charge in [0.2, 0.25) is 4.96 Å². The number of para-hydroxylation sites is 1. The molecular formula is C31H27N5O3S. The standard InChI is InChI=1S/C31H27N5O3S/c1-4-38-25-14-11-21(12-15-25)29-32-31-36(34-29)30(37)27(40-31)18-23-19-35(24-9-7-6-8-10-24)33-28(23)22-13-16-26(39-5-2)20(3)17-22/h6-19H,4-5H2,1-3H3. The molecule has 0 unspecified atom stereocenters. The molecule has 0 saturated heterocycles. The summed E-state index contributed by atoms with van der Waals surface area (Å²) in [5, 5.41) is 9.41. The second-order valence-corrected chi connectivity index (χ2v) is 10.1. The summed E-state index contributed by atoms with van der Waals surface area (Å²) in [6, 6.07) is 23.5. The SMILES string of the molecule is CCOc1ccc(-c2nc3sc(=Cc4cn(-c5ccccc5)nc4-c4ccc(OCC)c(C)c4)c(=O)n3n2)cc1. The maximum absolute atomic E-state index is 13.4. The first-order valence-corrected chi connectivity index (χ1v) is 13.9. The number of benzene rings is 3. The Morgan fingerprint density at radius 3 is 2.35 bits per heavy atom. The van der Waals surface area contributed by atoms with Crippen molar-refractivity contribution in [1.82, 2.24) is 24.4 Å². The molecule has 6 rings (SSSR count). The third kappa shape index (κ3) is 4.87. The Hall–Kier alpha value is -4.76. The zero-order valence-corrected chi connectivity index (χ0v) is 23.2. The smallest absolute Gasteiger partial charge is 0.291 e. The summed E-state index contributed by atoms with van der Waals surface area (Å²) in [7, 11) is 0. The van der Waals surface area contributed by atoms with E-state index in [0.29, 0.717) is 28.5 Å². The number of aromatic nitrogens is 5. The Bertz CT molecular complexity index is 1910. The molecule has 6 aromatic rings. The molecule has 3 heterocycles. The van der Waals surface area contributed by atoms with Gasteiger partial charge in [0.15, 0.2) is 5.82 Å². The molecule has 0 saturated carbocycles. The van der Waals surface area contributed by atoms with Gasteiger partial charge in [0.1, 0.15) is 17.2 Å². The minimum atomic E-state index is -0.217. The van der Waals surface area contributed by atoms with Crippen LogP contribution in [0.15, 0.2) is 83.8 Å². The van der Waals surface area contributed by atoms with Crippen LogP contribution >= 0.6 is 11.3 Å². The highest BCUT2D eigenvalue weighted by atomic mass is 32.1. The van der Waals surface area contributed by atoms with E-state index in [2.05, 4.69) is 16.1 Å². The summed E-state index contributed by atoms with van der Waals surface area (Å²) in [6.45, 7) is 7.13. The highest BCUT2D eigenvalue weighted by molar-refractivity contribution is 7.15. The molecule has 0 N–H and O–H groups in total. The number of hydrogen-bond donors (Lipinski definition) is 0. The molecule has 0 spiro atoms. The van der Waals surface area contributed by atoms with Crippen molar-refractivity contribution in [3.63, 3.8) is 0 Å². The number of nitrogens with zero attached hydrogens (tertiary/aromatic N) is 5. The number of thiazole rings is 1. The maximum Gasteiger partial charge on any atom is 0.291 e. The van der Waals surface area contributed by atoms with Gasteiger partial charge in [-0.05, 0) is 87.0 Å². The average molecular weight is 550 g/mol. The van der Waals surface area contributed by atoms with Crippen LogP contribution in [0, 0.1) is 6.92 Å². The van der Waals surface area contributed by atoms with Crippen LogP contribution in [0.5, 0.6) is 11.5 Å². The Morgan fingerprint density at radius 2 is 1.65 bits per heavy atom. The van der Waals surface area contributed by atoms with Crippen molar-refractivity contribution in [3.05, 3.63) is 105 Å². The lowest BCUT2D eigenvalue weighted by molar-refractivity contribution is 0.338. The lowest BCUT2D eigenvalue weighted by atomic mass is 10.0. The van der Waals surface area contributed by atoms with Crippen molar-refractivity contribution in [3.8, 4) is 39.8 Å². The molecule has 40 heavy (non-hydrogen) atoms. The Balaban J connectivity index is 1.43. The highest BCUT2D eigenvalue weighted by Crippen LogP contribution is 2.29. The van der Waals surface area contributed by atoms with E-state index >= 15 is 0 Å². The second-order valence-electron chi connectivity index (χ2n) is 9.13. The first-order valence-electron chi connectivity index (χ1n) is 13.1. The van der Waals surface area contributed by atoms with Crippen molar-refractivity contribution in [2.75, 3.05) is 13.2 Å². The van der Waals surface area contributed by atoms with E-state index in [0.717, 1.165) is 45.1 Å². The third-order valence-corrected chi connectivity index (χ3v) is 7.36. The van der Waals surface area contributed by atoms with Crippen LogP contribution in [0.4, 0.5) is 0 Å². The summed E-state index contributed by atoms with van der Waals surface area (Å²) in [5.74, 6) is 2.12. The van der Waals surface area contributed by atoms with Crippen molar-refractivity contribution < 1.29 is 9.47 Å². The van der Waals surface area contributed by atoms with E-state index in [1.54, 1.807) is 0 Å². The topological polar surface area (TPSA) is 83.5 Å². The lowest BCUT2D eigenvalue weighted by Crippen LogP contribution is -2.23. The molecule has 0 aliphatic heterocycles. The van der Waals surface area contributed by atoms with Crippen LogP contribution < -0.4 is 19.6 Å². The van der Waals surface area contributed by atoms with E-state index in [4.69, 9.17) is 14.6 Å². The van der Waals surface area contributed by atoms with Crippen molar-refractivity contribution in [2.24, 2.45) is 0 Å². The van der Waals surface area contributed by atoms with E-state index in [9.17, 15) is 4.79 Å². The third-order valence-electron chi connectivity index (χ3n) is 6.40. The molecule has 3 aromatic carbocycles. The molecule has 200 valence electrons. The van der Waals surface area contributed by atoms with Crippen LogP contribution in [-0.2, 0) is 0 Å². The predicted octanol–water partition coefficient (Wildman–Crippen LogP) is 5.32. The first kappa shape index (κ1) is 25.5. The minimum absolute atomic E-state index is 0.217. The van der Waals surface area contributed by atoms with E-state index in [1.165, 1.54) is 15.9 Å². The molecule has 9 heteroatoms. The largest absolute Gasteiger partial charge is 0.494 e. The summed E-state index contributed by atoms with van der Waals surface area (Å²) in [6.07, 6.45) is 3.81. The molecule has 0 aliphatic carbocycles. The fourth-order valence-corrected chi connectivity index (χ4v) is 5.41. The van der Waals surface area contributed by atoms with Gasteiger partial charge in [-0.25, -0.2) is 4.68 Å².